The Balaban J connectivity index is 4.48. The highest BCUT2D eigenvalue weighted by atomic mass is 16.2. The van der Waals surface area contributed by atoms with Gasteiger partial charge in [-0.25, -0.2) is 0 Å². The minimum atomic E-state index is -0.392. The second-order valence-electron chi connectivity index (χ2n) is 6.16. The van der Waals surface area contributed by atoms with Crippen molar-refractivity contribution >= 4 is 5.91 Å². The molecule has 0 aliphatic rings. The lowest BCUT2D eigenvalue weighted by Gasteiger charge is -2.31. The summed E-state index contributed by atoms with van der Waals surface area (Å²) < 4.78 is 0. The monoisotopic (exact) mass is 285 g/mol. The first-order chi connectivity index (χ1) is 9.37. The van der Waals surface area contributed by atoms with Gasteiger partial charge in [0.2, 0.25) is 5.91 Å². The van der Waals surface area contributed by atoms with Crippen LogP contribution in [0.3, 0.4) is 0 Å². The number of likely N-dealkylation sites (N-methyl/N-ethyl adjacent to an activating group) is 1. The van der Waals surface area contributed by atoms with Crippen molar-refractivity contribution < 1.29 is 4.79 Å². The van der Waals surface area contributed by atoms with E-state index < -0.39 is 6.04 Å². The van der Waals surface area contributed by atoms with Crippen LogP contribution in [0.5, 0.6) is 0 Å². The van der Waals surface area contributed by atoms with Crippen LogP contribution < -0.4 is 11.1 Å². The highest BCUT2D eigenvalue weighted by molar-refractivity contribution is 5.81. The fourth-order valence-electron chi connectivity index (χ4n) is 2.49. The van der Waals surface area contributed by atoms with Gasteiger partial charge in [-0.3, -0.25) is 9.69 Å². The molecule has 0 fully saturated rings. The highest BCUT2D eigenvalue weighted by Gasteiger charge is 2.22. The van der Waals surface area contributed by atoms with Gasteiger partial charge in [0.1, 0.15) is 0 Å². The van der Waals surface area contributed by atoms with Crippen molar-refractivity contribution in [3.05, 3.63) is 0 Å². The number of nitrogens with zero attached hydrogens (tertiary/aromatic N) is 1. The molecule has 0 aromatic carbocycles. The molecule has 3 N–H and O–H groups in total. The first kappa shape index (κ1) is 19.4. The lowest BCUT2D eigenvalue weighted by atomic mass is 9.98. The Morgan fingerprint density at radius 2 is 1.70 bits per heavy atom. The van der Waals surface area contributed by atoms with Crippen LogP contribution in [0, 0.1) is 11.8 Å². The van der Waals surface area contributed by atoms with Crippen LogP contribution in [-0.4, -0.2) is 42.5 Å². The van der Waals surface area contributed by atoms with E-state index in [4.69, 9.17) is 5.73 Å². The van der Waals surface area contributed by atoms with Gasteiger partial charge in [-0.05, 0) is 31.3 Å². The maximum Gasteiger partial charge on any atom is 0.237 e. The molecule has 0 aromatic rings. The fraction of sp³-hybridized carbons (Fsp3) is 0.938. The van der Waals surface area contributed by atoms with Gasteiger partial charge in [-0.1, -0.05) is 48.0 Å². The summed E-state index contributed by atoms with van der Waals surface area (Å²) in [5, 5.41) is 3.05. The highest BCUT2D eigenvalue weighted by Crippen LogP contribution is 2.11. The Labute approximate surface area is 125 Å². The molecule has 0 spiro atoms. The second-order valence-corrected chi connectivity index (χ2v) is 6.16. The van der Waals surface area contributed by atoms with E-state index in [0.29, 0.717) is 18.5 Å². The van der Waals surface area contributed by atoms with Crippen LogP contribution in [0.1, 0.15) is 54.4 Å². The summed E-state index contributed by atoms with van der Waals surface area (Å²) in [6, 6.07) is 0.00878. The van der Waals surface area contributed by atoms with Gasteiger partial charge >= 0.3 is 0 Å². The number of amides is 1. The zero-order chi connectivity index (χ0) is 15.7. The normalized spacial score (nSPS) is 16.2. The molecule has 3 unspecified atom stereocenters. The van der Waals surface area contributed by atoms with E-state index in [9.17, 15) is 4.79 Å². The molecule has 0 radical (unpaired) electrons. The smallest absolute Gasteiger partial charge is 0.237 e. The third kappa shape index (κ3) is 6.71. The molecule has 0 aliphatic heterocycles. The Kier molecular flexibility index (Phi) is 9.86. The van der Waals surface area contributed by atoms with Crippen molar-refractivity contribution in [1.29, 1.82) is 0 Å². The summed E-state index contributed by atoms with van der Waals surface area (Å²) in [6.45, 7) is 15.6. The summed E-state index contributed by atoms with van der Waals surface area (Å²) in [5.74, 6) is 0.841. The average Bonchev–Trinajstić information content (AvgIpc) is 2.43. The standard InChI is InChI=1S/C16H35N3O/c1-7-13(6)15(17)16(20)18-11-14(10-12(4)5)19(8-2)9-3/h12-15H,7-11,17H2,1-6H3,(H,18,20). The Hall–Kier alpha value is -0.610. The predicted molar refractivity (Wildman–Crippen MR) is 86.6 cm³/mol. The summed E-state index contributed by atoms with van der Waals surface area (Å²) in [4.78, 5) is 14.5. The SMILES string of the molecule is CCC(C)C(N)C(=O)NCC(CC(C)C)N(CC)CC. The largest absolute Gasteiger partial charge is 0.353 e. The lowest BCUT2D eigenvalue weighted by molar-refractivity contribution is -0.123. The summed E-state index contributed by atoms with van der Waals surface area (Å²) >= 11 is 0. The zero-order valence-corrected chi connectivity index (χ0v) is 14.3. The summed E-state index contributed by atoms with van der Waals surface area (Å²) in [7, 11) is 0. The molecule has 120 valence electrons. The van der Waals surface area contributed by atoms with E-state index in [1.807, 2.05) is 6.92 Å². The van der Waals surface area contributed by atoms with Crippen LogP contribution >= 0.6 is 0 Å². The van der Waals surface area contributed by atoms with Gasteiger partial charge in [0, 0.05) is 12.6 Å². The maximum atomic E-state index is 12.1. The number of nitrogens with one attached hydrogen (secondary N) is 1. The molecule has 4 heteroatoms. The number of rotatable bonds is 10. The van der Waals surface area contributed by atoms with E-state index in [1.54, 1.807) is 0 Å². The van der Waals surface area contributed by atoms with Gasteiger partial charge in [-0.15, -0.1) is 0 Å². The Morgan fingerprint density at radius 1 is 1.15 bits per heavy atom. The van der Waals surface area contributed by atoms with Crippen molar-refractivity contribution in [2.24, 2.45) is 17.6 Å². The number of hydrogen-bond acceptors (Lipinski definition) is 3. The van der Waals surface area contributed by atoms with Crippen molar-refractivity contribution in [3.63, 3.8) is 0 Å². The van der Waals surface area contributed by atoms with E-state index in [1.165, 1.54) is 0 Å². The van der Waals surface area contributed by atoms with Crippen LogP contribution in [0.2, 0.25) is 0 Å². The minimum absolute atomic E-state index is 0.0136. The predicted octanol–water partition coefficient (Wildman–Crippen LogP) is 2.23. The topological polar surface area (TPSA) is 58.4 Å². The van der Waals surface area contributed by atoms with Crippen LogP contribution in [0.4, 0.5) is 0 Å². The van der Waals surface area contributed by atoms with Crippen LogP contribution in [-0.2, 0) is 4.79 Å². The Bertz CT molecular complexity index is 264. The zero-order valence-electron chi connectivity index (χ0n) is 14.3. The molecule has 0 saturated heterocycles. The first-order valence-electron chi connectivity index (χ1n) is 8.14. The molecule has 0 bridgehead atoms. The average molecular weight is 285 g/mol. The molecule has 0 heterocycles. The molecular weight excluding hydrogens is 250 g/mol. The number of nitrogens with two attached hydrogens (primary N) is 1. The molecule has 0 saturated carbocycles. The molecule has 3 atom stereocenters. The van der Waals surface area contributed by atoms with E-state index >= 15 is 0 Å². The maximum absolute atomic E-state index is 12.1. The third-order valence-electron chi connectivity index (χ3n) is 4.14. The summed E-state index contributed by atoms with van der Waals surface area (Å²) in [5.41, 5.74) is 5.97. The van der Waals surface area contributed by atoms with E-state index in [-0.39, 0.29) is 11.8 Å². The van der Waals surface area contributed by atoms with Crippen LogP contribution in [0.25, 0.3) is 0 Å². The Morgan fingerprint density at radius 3 is 2.10 bits per heavy atom. The molecule has 20 heavy (non-hydrogen) atoms. The van der Waals surface area contributed by atoms with Crippen molar-refractivity contribution in [2.45, 2.75) is 66.5 Å². The van der Waals surface area contributed by atoms with Gasteiger partial charge in [0.15, 0.2) is 0 Å². The lowest BCUT2D eigenvalue weighted by Crippen LogP contribution is -2.50. The minimum Gasteiger partial charge on any atom is -0.353 e. The van der Waals surface area contributed by atoms with Crippen molar-refractivity contribution in [3.8, 4) is 0 Å². The van der Waals surface area contributed by atoms with Crippen molar-refractivity contribution in [2.75, 3.05) is 19.6 Å². The number of carbonyl (C=O) groups excluding carboxylic acids is 1. The fourth-order valence-corrected chi connectivity index (χ4v) is 2.49. The van der Waals surface area contributed by atoms with Gasteiger partial charge < -0.3 is 11.1 Å². The molecule has 4 nitrogen and oxygen atoms in total. The molecule has 1 amide bonds. The van der Waals surface area contributed by atoms with Gasteiger partial charge in [0.05, 0.1) is 6.04 Å². The first-order valence-corrected chi connectivity index (χ1v) is 8.14. The third-order valence-corrected chi connectivity index (χ3v) is 4.14. The number of hydrogen-bond donors (Lipinski definition) is 2. The number of carbonyl (C=O) groups is 1. The molecular formula is C16H35N3O. The molecule has 0 aliphatic carbocycles. The van der Waals surface area contributed by atoms with E-state index in [0.717, 1.165) is 25.9 Å². The molecule has 0 aromatic heterocycles. The van der Waals surface area contributed by atoms with Gasteiger partial charge in [0.25, 0.3) is 0 Å². The van der Waals surface area contributed by atoms with Gasteiger partial charge in [-0.2, -0.15) is 0 Å². The van der Waals surface area contributed by atoms with Crippen molar-refractivity contribution in [1.82, 2.24) is 10.2 Å². The summed E-state index contributed by atoms with van der Waals surface area (Å²) in [6.07, 6.45) is 2.03. The van der Waals surface area contributed by atoms with E-state index in [2.05, 4.69) is 44.8 Å². The second kappa shape index (κ2) is 10.2. The van der Waals surface area contributed by atoms with Crippen LogP contribution in [0.15, 0.2) is 0 Å². The molecule has 0 rings (SSSR count). The quantitative estimate of drug-likeness (QED) is 0.647.